The Kier molecular flexibility index (Phi) is 5.04. The molecule has 1 amide bonds. The van der Waals surface area contributed by atoms with E-state index >= 15 is 0 Å². The molecule has 1 aromatic carbocycles. The number of benzene rings is 1. The number of amides is 1. The lowest BCUT2D eigenvalue weighted by Crippen LogP contribution is -2.37. The summed E-state index contributed by atoms with van der Waals surface area (Å²) < 4.78 is 10.7. The summed E-state index contributed by atoms with van der Waals surface area (Å²) in [6.07, 6.45) is 2.12. The van der Waals surface area contributed by atoms with Gasteiger partial charge in [-0.05, 0) is 36.1 Å². The second kappa shape index (κ2) is 7.21. The van der Waals surface area contributed by atoms with Crippen molar-refractivity contribution >= 4 is 17.2 Å². The number of hydrogen-bond donors (Lipinski definition) is 0. The fourth-order valence-electron chi connectivity index (χ4n) is 2.96. The molecule has 0 fully saturated rings. The largest absolute Gasteiger partial charge is 0.493 e. The van der Waals surface area contributed by atoms with Gasteiger partial charge in [-0.15, -0.1) is 11.3 Å². The monoisotopic (exact) mass is 346 g/mol. The van der Waals surface area contributed by atoms with Crippen molar-refractivity contribution in [2.45, 2.75) is 32.7 Å². The molecule has 0 aliphatic carbocycles. The van der Waals surface area contributed by atoms with Crippen molar-refractivity contribution in [3.05, 3.63) is 39.3 Å². The van der Waals surface area contributed by atoms with Crippen molar-refractivity contribution in [2.24, 2.45) is 0 Å². The minimum atomic E-state index is 0.128. The van der Waals surface area contributed by atoms with Gasteiger partial charge in [-0.3, -0.25) is 4.79 Å². The van der Waals surface area contributed by atoms with Gasteiger partial charge in [0.15, 0.2) is 11.5 Å². The summed E-state index contributed by atoms with van der Waals surface area (Å²) in [6, 6.07) is 4.00. The molecule has 1 aliphatic rings. The number of carbonyl (C=O) groups excluding carboxylic acids is 1. The normalized spacial score (nSPS) is 13.5. The van der Waals surface area contributed by atoms with E-state index in [2.05, 4.69) is 11.9 Å². The molecule has 1 aliphatic heterocycles. The lowest BCUT2D eigenvalue weighted by Gasteiger charge is -2.29. The molecule has 0 atom stereocenters. The summed E-state index contributed by atoms with van der Waals surface area (Å²) in [4.78, 5) is 19.0. The molecule has 1 aromatic heterocycles. The summed E-state index contributed by atoms with van der Waals surface area (Å²) in [6.45, 7) is 3.42. The number of carbonyl (C=O) groups is 1. The van der Waals surface area contributed by atoms with Crippen LogP contribution in [0.4, 0.5) is 0 Å². The second-order valence-corrected chi connectivity index (χ2v) is 6.75. The van der Waals surface area contributed by atoms with Crippen molar-refractivity contribution < 1.29 is 14.3 Å². The first-order valence-corrected chi connectivity index (χ1v) is 8.97. The minimum absolute atomic E-state index is 0.128. The van der Waals surface area contributed by atoms with E-state index in [1.165, 1.54) is 5.56 Å². The second-order valence-electron chi connectivity index (χ2n) is 5.80. The number of hydrogen-bond acceptors (Lipinski definition) is 5. The summed E-state index contributed by atoms with van der Waals surface area (Å²) >= 11 is 1.62. The fourth-order valence-corrected chi connectivity index (χ4v) is 3.70. The predicted molar refractivity (Wildman–Crippen MR) is 93.9 cm³/mol. The van der Waals surface area contributed by atoms with Crippen LogP contribution in [-0.4, -0.2) is 36.6 Å². The third kappa shape index (κ3) is 3.38. The molecule has 6 heteroatoms. The highest BCUT2D eigenvalue weighted by Crippen LogP contribution is 2.33. The van der Waals surface area contributed by atoms with E-state index in [4.69, 9.17) is 9.47 Å². The van der Waals surface area contributed by atoms with Gasteiger partial charge >= 0.3 is 0 Å². The summed E-state index contributed by atoms with van der Waals surface area (Å²) in [5, 5.41) is 3.07. The van der Waals surface area contributed by atoms with Crippen molar-refractivity contribution in [3.8, 4) is 11.5 Å². The molecule has 128 valence electrons. The van der Waals surface area contributed by atoms with Gasteiger partial charge in [0.2, 0.25) is 5.91 Å². The molecule has 0 N–H and O–H groups in total. The molecule has 0 unspecified atom stereocenters. The number of thiazole rings is 1. The molecule has 0 saturated carbocycles. The van der Waals surface area contributed by atoms with Crippen molar-refractivity contribution in [3.63, 3.8) is 0 Å². The van der Waals surface area contributed by atoms with Gasteiger partial charge in [-0.1, -0.05) is 6.92 Å². The molecular weight excluding hydrogens is 324 g/mol. The number of rotatable bonds is 5. The molecule has 2 heterocycles. The Morgan fingerprint density at radius 1 is 1.25 bits per heavy atom. The van der Waals surface area contributed by atoms with Crippen LogP contribution >= 0.6 is 11.3 Å². The van der Waals surface area contributed by atoms with E-state index in [1.54, 1.807) is 25.6 Å². The quantitative estimate of drug-likeness (QED) is 0.835. The van der Waals surface area contributed by atoms with Gasteiger partial charge in [0.1, 0.15) is 0 Å². The third-order valence-electron chi connectivity index (χ3n) is 4.30. The van der Waals surface area contributed by atoms with E-state index in [9.17, 15) is 4.79 Å². The smallest absolute Gasteiger partial charge is 0.228 e. The Morgan fingerprint density at radius 2 is 1.96 bits per heavy atom. The lowest BCUT2D eigenvalue weighted by molar-refractivity contribution is -0.131. The van der Waals surface area contributed by atoms with Crippen LogP contribution in [0.25, 0.3) is 0 Å². The zero-order valence-electron chi connectivity index (χ0n) is 14.3. The van der Waals surface area contributed by atoms with Crippen LogP contribution in [0.1, 0.15) is 28.8 Å². The standard InChI is InChI=1S/C18H22N2O3S/c1-4-17-19-14(11-24-17)9-18(21)20-6-5-12-7-15(22-2)16(23-3)8-13(12)10-20/h7-8,11H,4-6,9-10H2,1-3H3. The molecule has 0 spiro atoms. The molecule has 0 saturated heterocycles. The predicted octanol–water partition coefficient (Wildman–Crippen LogP) is 2.85. The highest BCUT2D eigenvalue weighted by molar-refractivity contribution is 7.09. The van der Waals surface area contributed by atoms with Crippen LogP contribution in [-0.2, 0) is 30.6 Å². The minimum Gasteiger partial charge on any atom is -0.493 e. The van der Waals surface area contributed by atoms with Gasteiger partial charge in [-0.25, -0.2) is 4.98 Å². The highest BCUT2D eigenvalue weighted by atomic mass is 32.1. The number of methoxy groups -OCH3 is 2. The summed E-state index contributed by atoms with van der Waals surface area (Å²) in [7, 11) is 3.27. The number of aromatic nitrogens is 1. The number of aryl methyl sites for hydroxylation is 1. The topological polar surface area (TPSA) is 51.7 Å². The Hall–Kier alpha value is -2.08. The lowest BCUT2D eigenvalue weighted by atomic mass is 9.98. The van der Waals surface area contributed by atoms with Gasteiger partial charge in [0.25, 0.3) is 0 Å². The average molecular weight is 346 g/mol. The van der Waals surface area contributed by atoms with E-state index < -0.39 is 0 Å². The maximum absolute atomic E-state index is 12.6. The zero-order chi connectivity index (χ0) is 17.1. The van der Waals surface area contributed by atoms with E-state index in [1.807, 2.05) is 22.4 Å². The third-order valence-corrected chi connectivity index (χ3v) is 5.35. The van der Waals surface area contributed by atoms with Gasteiger partial charge in [0, 0.05) is 18.5 Å². The van der Waals surface area contributed by atoms with E-state index in [-0.39, 0.29) is 5.91 Å². The van der Waals surface area contributed by atoms with Crippen molar-refractivity contribution in [2.75, 3.05) is 20.8 Å². The average Bonchev–Trinajstić information content (AvgIpc) is 3.07. The zero-order valence-corrected chi connectivity index (χ0v) is 15.1. The van der Waals surface area contributed by atoms with Gasteiger partial charge in [-0.2, -0.15) is 0 Å². The van der Waals surface area contributed by atoms with Crippen LogP contribution in [0.5, 0.6) is 11.5 Å². The molecule has 24 heavy (non-hydrogen) atoms. The molecule has 3 rings (SSSR count). The fraction of sp³-hybridized carbons (Fsp3) is 0.444. The Labute approximate surface area is 146 Å². The van der Waals surface area contributed by atoms with Gasteiger partial charge < -0.3 is 14.4 Å². The van der Waals surface area contributed by atoms with E-state index in [0.29, 0.717) is 18.7 Å². The van der Waals surface area contributed by atoms with Crippen LogP contribution in [0, 0.1) is 0 Å². The highest BCUT2D eigenvalue weighted by Gasteiger charge is 2.23. The summed E-state index contributed by atoms with van der Waals surface area (Å²) in [5.74, 6) is 1.58. The molecule has 0 bridgehead atoms. The molecule has 5 nitrogen and oxygen atoms in total. The molecule has 0 radical (unpaired) electrons. The van der Waals surface area contributed by atoms with Crippen LogP contribution in [0.15, 0.2) is 17.5 Å². The Balaban J connectivity index is 1.73. The van der Waals surface area contributed by atoms with E-state index in [0.717, 1.165) is 41.4 Å². The van der Waals surface area contributed by atoms with Crippen LogP contribution in [0.2, 0.25) is 0 Å². The number of ether oxygens (including phenoxy) is 2. The number of fused-ring (bicyclic) bond motifs is 1. The van der Waals surface area contributed by atoms with Crippen LogP contribution < -0.4 is 9.47 Å². The van der Waals surface area contributed by atoms with Crippen molar-refractivity contribution in [1.82, 2.24) is 9.88 Å². The first-order valence-electron chi connectivity index (χ1n) is 8.09. The summed E-state index contributed by atoms with van der Waals surface area (Å²) in [5.41, 5.74) is 3.22. The van der Waals surface area contributed by atoms with Crippen LogP contribution in [0.3, 0.4) is 0 Å². The maximum Gasteiger partial charge on any atom is 0.228 e. The molecule has 2 aromatic rings. The Morgan fingerprint density at radius 3 is 2.58 bits per heavy atom. The first-order chi connectivity index (χ1) is 11.6. The number of nitrogens with zero attached hydrogens (tertiary/aromatic N) is 2. The molecular formula is C18H22N2O3S. The maximum atomic E-state index is 12.6. The van der Waals surface area contributed by atoms with Gasteiger partial charge in [0.05, 0.1) is 31.3 Å². The first kappa shape index (κ1) is 16.8. The Bertz CT molecular complexity index is 742. The van der Waals surface area contributed by atoms with Crippen molar-refractivity contribution in [1.29, 1.82) is 0 Å². The SMILES string of the molecule is CCc1nc(CC(=O)N2CCc3cc(OC)c(OC)cc3C2)cs1.